The number of urea groups is 1. The summed E-state index contributed by atoms with van der Waals surface area (Å²) in [5, 5.41) is 4.06. The van der Waals surface area contributed by atoms with Crippen LogP contribution in [0.1, 0.15) is 11.1 Å². The number of carbonyl (C=O) groups excluding carboxylic acids is 3. The molecule has 6 heteroatoms. The number of hydrogen-bond donors (Lipinski definition) is 1. The lowest BCUT2D eigenvalue weighted by Gasteiger charge is -2.26. The Morgan fingerprint density at radius 3 is 2.39 bits per heavy atom. The maximum Gasteiger partial charge on any atom is 0.331 e. The monoisotopic (exact) mass is 374 g/mol. The van der Waals surface area contributed by atoms with Crippen LogP contribution in [0.25, 0.3) is 16.8 Å². The molecule has 0 aliphatic carbocycles. The molecule has 0 bridgehead atoms. The normalized spacial score (nSPS) is 16.0. The van der Waals surface area contributed by atoms with Crippen LogP contribution in [-0.2, 0) is 16.1 Å². The van der Waals surface area contributed by atoms with E-state index in [0.29, 0.717) is 11.1 Å². The molecule has 1 saturated heterocycles. The largest absolute Gasteiger partial charge is 0.331 e. The van der Waals surface area contributed by atoms with E-state index in [1.807, 2.05) is 36.4 Å². The van der Waals surface area contributed by atoms with E-state index in [1.54, 1.807) is 6.07 Å². The van der Waals surface area contributed by atoms with Crippen molar-refractivity contribution < 1.29 is 18.8 Å². The molecular weight excluding hydrogens is 359 g/mol. The number of imide groups is 2. The van der Waals surface area contributed by atoms with Crippen molar-refractivity contribution in [2.45, 2.75) is 6.54 Å². The summed E-state index contributed by atoms with van der Waals surface area (Å²) in [5.41, 5.74) is 1.15. The van der Waals surface area contributed by atoms with Gasteiger partial charge in [0.1, 0.15) is 11.4 Å². The Labute approximate surface area is 160 Å². The molecule has 1 N–H and O–H groups in total. The van der Waals surface area contributed by atoms with Crippen LogP contribution in [0.3, 0.4) is 0 Å². The number of nitrogens with one attached hydrogen (secondary N) is 1. The van der Waals surface area contributed by atoms with Gasteiger partial charge >= 0.3 is 6.03 Å². The number of benzene rings is 3. The molecule has 1 aliphatic heterocycles. The summed E-state index contributed by atoms with van der Waals surface area (Å²) in [4.78, 5) is 38.3. The summed E-state index contributed by atoms with van der Waals surface area (Å²) in [7, 11) is 0. The molecule has 0 saturated carbocycles. The van der Waals surface area contributed by atoms with Crippen LogP contribution in [0.4, 0.5) is 9.18 Å². The molecule has 1 fully saturated rings. The van der Waals surface area contributed by atoms with E-state index in [1.165, 1.54) is 30.3 Å². The third-order valence-corrected chi connectivity index (χ3v) is 4.56. The molecule has 28 heavy (non-hydrogen) atoms. The maximum absolute atomic E-state index is 13.1. The molecule has 5 nitrogen and oxygen atoms in total. The van der Waals surface area contributed by atoms with Gasteiger partial charge in [-0.15, -0.1) is 0 Å². The van der Waals surface area contributed by atoms with Crippen molar-refractivity contribution in [1.29, 1.82) is 0 Å². The Hall–Kier alpha value is -3.80. The van der Waals surface area contributed by atoms with Crippen LogP contribution in [-0.4, -0.2) is 22.7 Å². The molecule has 0 unspecified atom stereocenters. The predicted octanol–water partition coefficient (Wildman–Crippen LogP) is 3.64. The molecule has 0 radical (unpaired) electrons. The van der Waals surface area contributed by atoms with Crippen LogP contribution in [0.5, 0.6) is 0 Å². The van der Waals surface area contributed by atoms with E-state index in [9.17, 15) is 18.8 Å². The standard InChI is InChI=1S/C22H15FN2O3/c23-17-10-8-14(9-11-17)13-25-21(27)19(20(26)24-22(25)28)12-16-6-3-5-15-4-1-2-7-18(15)16/h1-12H,13H2,(H,24,26,28)/b19-12+. The topological polar surface area (TPSA) is 66.5 Å². The number of rotatable bonds is 3. The summed E-state index contributed by atoms with van der Waals surface area (Å²) in [6, 6.07) is 17.9. The third-order valence-electron chi connectivity index (χ3n) is 4.56. The molecule has 138 valence electrons. The highest BCUT2D eigenvalue weighted by atomic mass is 19.1. The fourth-order valence-corrected chi connectivity index (χ4v) is 3.14. The van der Waals surface area contributed by atoms with Gasteiger partial charge in [0.15, 0.2) is 0 Å². The van der Waals surface area contributed by atoms with Crippen molar-refractivity contribution in [3.05, 3.63) is 89.2 Å². The second kappa shape index (κ2) is 7.08. The average Bonchev–Trinajstić information content (AvgIpc) is 2.70. The summed E-state index contributed by atoms with van der Waals surface area (Å²) < 4.78 is 13.1. The highest BCUT2D eigenvalue weighted by Crippen LogP contribution is 2.23. The van der Waals surface area contributed by atoms with Crippen LogP contribution < -0.4 is 5.32 Å². The third kappa shape index (κ3) is 3.27. The Morgan fingerprint density at radius 1 is 0.893 bits per heavy atom. The predicted molar refractivity (Wildman–Crippen MR) is 102 cm³/mol. The summed E-state index contributed by atoms with van der Waals surface area (Å²) in [6.07, 6.45) is 1.49. The van der Waals surface area contributed by atoms with Crippen molar-refractivity contribution in [1.82, 2.24) is 10.2 Å². The smallest absolute Gasteiger partial charge is 0.273 e. The fourth-order valence-electron chi connectivity index (χ4n) is 3.14. The molecule has 1 aliphatic rings. The average molecular weight is 374 g/mol. The fraction of sp³-hybridized carbons (Fsp3) is 0.0455. The number of halogens is 1. The van der Waals surface area contributed by atoms with Gasteiger partial charge in [-0.3, -0.25) is 19.8 Å². The van der Waals surface area contributed by atoms with Crippen molar-refractivity contribution in [3.63, 3.8) is 0 Å². The first-order valence-electron chi connectivity index (χ1n) is 8.64. The highest BCUT2D eigenvalue weighted by molar-refractivity contribution is 6.31. The zero-order valence-corrected chi connectivity index (χ0v) is 14.7. The van der Waals surface area contributed by atoms with Crippen LogP contribution in [0.15, 0.2) is 72.3 Å². The van der Waals surface area contributed by atoms with E-state index >= 15 is 0 Å². The van der Waals surface area contributed by atoms with Crippen molar-refractivity contribution in [2.75, 3.05) is 0 Å². The first-order chi connectivity index (χ1) is 13.5. The van der Waals surface area contributed by atoms with Gasteiger partial charge in [0.05, 0.1) is 6.54 Å². The minimum Gasteiger partial charge on any atom is -0.273 e. The van der Waals surface area contributed by atoms with Gasteiger partial charge in [0.2, 0.25) is 0 Å². The maximum atomic E-state index is 13.1. The summed E-state index contributed by atoms with van der Waals surface area (Å²) in [5.74, 6) is -1.84. The number of barbiturate groups is 1. The van der Waals surface area contributed by atoms with Crippen LogP contribution in [0.2, 0.25) is 0 Å². The molecule has 3 aromatic rings. The van der Waals surface area contributed by atoms with Crippen molar-refractivity contribution in [3.8, 4) is 0 Å². The minimum absolute atomic E-state index is 0.0644. The Bertz CT molecular complexity index is 1130. The lowest BCUT2D eigenvalue weighted by Crippen LogP contribution is -2.53. The van der Waals surface area contributed by atoms with Gasteiger partial charge in [-0.05, 0) is 40.1 Å². The van der Waals surface area contributed by atoms with Gasteiger partial charge in [-0.2, -0.15) is 0 Å². The van der Waals surface area contributed by atoms with E-state index in [-0.39, 0.29) is 12.1 Å². The zero-order chi connectivity index (χ0) is 19.7. The quantitative estimate of drug-likeness (QED) is 0.562. The van der Waals surface area contributed by atoms with Gasteiger partial charge in [-0.25, -0.2) is 9.18 Å². The number of nitrogens with zero attached hydrogens (tertiary/aromatic N) is 1. The van der Waals surface area contributed by atoms with Gasteiger partial charge in [-0.1, -0.05) is 54.6 Å². The first kappa shape index (κ1) is 17.6. The lowest BCUT2D eigenvalue weighted by atomic mass is 10.0. The molecule has 0 spiro atoms. The first-order valence-corrected chi connectivity index (χ1v) is 8.64. The van der Waals surface area contributed by atoms with Gasteiger partial charge in [0, 0.05) is 0 Å². The summed E-state index contributed by atoms with van der Waals surface area (Å²) >= 11 is 0. The second-order valence-corrected chi connectivity index (χ2v) is 6.40. The molecule has 4 rings (SSSR count). The molecule has 3 aromatic carbocycles. The van der Waals surface area contributed by atoms with E-state index in [2.05, 4.69) is 5.32 Å². The van der Waals surface area contributed by atoms with Crippen LogP contribution in [0, 0.1) is 5.82 Å². The van der Waals surface area contributed by atoms with Crippen molar-refractivity contribution >= 4 is 34.7 Å². The number of fused-ring (bicyclic) bond motifs is 1. The number of amides is 4. The van der Waals surface area contributed by atoms with Crippen LogP contribution >= 0.6 is 0 Å². The Balaban J connectivity index is 1.71. The molecule has 1 heterocycles. The number of hydrogen-bond acceptors (Lipinski definition) is 3. The molecular formula is C22H15FN2O3. The van der Waals surface area contributed by atoms with E-state index in [0.717, 1.165) is 15.7 Å². The molecule has 4 amide bonds. The minimum atomic E-state index is -0.797. The molecule has 0 aromatic heterocycles. The number of carbonyl (C=O) groups is 3. The SMILES string of the molecule is O=C1NC(=O)N(Cc2ccc(F)cc2)C(=O)/C1=C/c1cccc2ccccc12. The van der Waals surface area contributed by atoms with Gasteiger partial charge in [0.25, 0.3) is 11.8 Å². The summed E-state index contributed by atoms with van der Waals surface area (Å²) in [6.45, 7) is -0.0644. The lowest BCUT2D eigenvalue weighted by molar-refractivity contribution is -0.130. The Morgan fingerprint density at radius 2 is 1.61 bits per heavy atom. The van der Waals surface area contributed by atoms with E-state index in [4.69, 9.17) is 0 Å². The van der Waals surface area contributed by atoms with E-state index < -0.39 is 23.7 Å². The zero-order valence-electron chi connectivity index (χ0n) is 14.7. The molecule has 0 atom stereocenters. The van der Waals surface area contributed by atoms with Crippen molar-refractivity contribution in [2.24, 2.45) is 0 Å². The van der Waals surface area contributed by atoms with Gasteiger partial charge < -0.3 is 0 Å². The Kier molecular flexibility index (Phi) is 4.45. The highest BCUT2D eigenvalue weighted by Gasteiger charge is 2.35. The second-order valence-electron chi connectivity index (χ2n) is 6.40.